The van der Waals surface area contributed by atoms with Crippen molar-refractivity contribution in [2.24, 2.45) is 0 Å². The van der Waals surface area contributed by atoms with Crippen LogP contribution in [0.25, 0.3) is 0 Å². The lowest BCUT2D eigenvalue weighted by Crippen LogP contribution is -2.17. The average Bonchev–Trinajstić information content (AvgIpc) is 2.56. The number of esters is 2. The Morgan fingerprint density at radius 1 is 0.692 bits per heavy atom. The number of unbranched alkanes of at least 4 members (excludes halogenated alkanes) is 7. The van der Waals surface area contributed by atoms with Crippen molar-refractivity contribution in [2.45, 2.75) is 90.6 Å². The minimum Gasteiger partial charge on any atom is -0.433 e. The number of ether oxygens (including phenoxy) is 2. The van der Waals surface area contributed by atoms with Gasteiger partial charge in [-0.3, -0.25) is 0 Å². The summed E-state index contributed by atoms with van der Waals surface area (Å²) < 4.78 is 9.60. The second kappa shape index (κ2) is 14.5. The van der Waals surface area contributed by atoms with E-state index in [1.54, 1.807) is 13.8 Å². The number of hydrogen-bond acceptors (Lipinski definition) is 6. The molecule has 0 amide bonds. The zero-order valence-electron chi connectivity index (χ0n) is 16.2. The van der Waals surface area contributed by atoms with Gasteiger partial charge in [-0.15, -0.1) is 0 Å². The van der Waals surface area contributed by atoms with Crippen LogP contribution in [-0.2, 0) is 19.1 Å². The molecular weight excluding hydrogens is 336 g/mol. The Kier molecular flexibility index (Phi) is 13.6. The smallest absolute Gasteiger partial charge is 0.335 e. The second-order valence-corrected chi connectivity index (χ2v) is 6.69. The molecule has 2 atom stereocenters. The number of hydrogen-bond donors (Lipinski definition) is 2. The third kappa shape index (κ3) is 13.6. The molecule has 0 spiro atoms. The van der Waals surface area contributed by atoms with E-state index in [-0.39, 0.29) is 11.1 Å². The molecule has 0 aliphatic heterocycles. The minimum absolute atomic E-state index is 0.283. The first-order valence-corrected chi connectivity index (χ1v) is 9.33. The van der Waals surface area contributed by atoms with Crippen molar-refractivity contribution in [1.82, 2.24) is 0 Å². The maximum atomic E-state index is 11.2. The molecule has 2 N–H and O–H groups in total. The molecule has 6 nitrogen and oxygen atoms in total. The van der Waals surface area contributed by atoms with Gasteiger partial charge in [0.25, 0.3) is 0 Å². The van der Waals surface area contributed by atoms with E-state index >= 15 is 0 Å². The van der Waals surface area contributed by atoms with Gasteiger partial charge in [0.1, 0.15) is 0 Å². The van der Waals surface area contributed by atoms with Crippen LogP contribution in [0.1, 0.15) is 78.1 Å². The lowest BCUT2D eigenvalue weighted by atomic mass is 10.1. The van der Waals surface area contributed by atoms with E-state index in [1.807, 2.05) is 0 Å². The highest BCUT2D eigenvalue weighted by atomic mass is 16.6. The van der Waals surface area contributed by atoms with E-state index in [0.717, 1.165) is 51.4 Å². The molecule has 0 rings (SSSR count). The topological polar surface area (TPSA) is 93.1 Å². The molecule has 6 heteroatoms. The number of carbonyl (C=O) groups is 2. The number of aliphatic hydroxyl groups is 2. The van der Waals surface area contributed by atoms with Gasteiger partial charge in [-0.2, -0.15) is 0 Å². The van der Waals surface area contributed by atoms with Crippen LogP contribution in [0, 0.1) is 0 Å². The third-order valence-electron chi connectivity index (χ3n) is 3.84. The molecule has 0 radical (unpaired) electrons. The van der Waals surface area contributed by atoms with Crippen molar-refractivity contribution in [2.75, 3.05) is 0 Å². The van der Waals surface area contributed by atoms with E-state index < -0.39 is 24.5 Å². The molecule has 0 saturated heterocycles. The first-order valence-electron chi connectivity index (χ1n) is 9.33. The molecule has 0 aromatic heterocycles. The summed E-state index contributed by atoms with van der Waals surface area (Å²) >= 11 is 0. The molecule has 2 unspecified atom stereocenters. The summed E-state index contributed by atoms with van der Waals surface area (Å²) in [6.45, 7) is 10.0. The van der Waals surface area contributed by atoms with Crippen LogP contribution in [0.2, 0.25) is 0 Å². The Bertz CT molecular complexity index is 415. The second-order valence-electron chi connectivity index (χ2n) is 6.69. The van der Waals surface area contributed by atoms with Gasteiger partial charge in [-0.1, -0.05) is 51.7 Å². The summed E-state index contributed by atoms with van der Waals surface area (Å²) in [6.07, 6.45) is 6.72. The maximum absolute atomic E-state index is 11.2. The zero-order valence-corrected chi connectivity index (χ0v) is 16.2. The highest BCUT2D eigenvalue weighted by Gasteiger charge is 2.11. The summed E-state index contributed by atoms with van der Waals surface area (Å²) in [5.74, 6) is -1.12. The SMILES string of the molecule is C=C(C)C(=O)OC(O)CCCCCCCCCCC(O)OC(=O)C(=C)C. The van der Waals surface area contributed by atoms with E-state index in [0.29, 0.717) is 12.8 Å². The summed E-state index contributed by atoms with van der Waals surface area (Å²) in [5.41, 5.74) is 0.566. The molecular formula is C20H34O6. The molecule has 150 valence electrons. The summed E-state index contributed by atoms with van der Waals surface area (Å²) in [5, 5.41) is 19.1. The van der Waals surface area contributed by atoms with Crippen molar-refractivity contribution >= 4 is 11.9 Å². The summed E-state index contributed by atoms with van der Waals surface area (Å²) in [7, 11) is 0. The molecule has 0 fully saturated rings. The minimum atomic E-state index is -1.05. The largest absolute Gasteiger partial charge is 0.433 e. The van der Waals surface area contributed by atoms with Gasteiger partial charge < -0.3 is 19.7 Å². The summed E-state index contributed by atoms with van der Waals surface area (Å²) in [6, 6.07) is 0. The number of aliphatic hydroxyl groups excluding tert-OH is 2. The predicted molar refractivity (Wildman–Crippen MR) is 100.0 cm³/mol. The molecule has 26 heavy (non-hydrogen) atoms. The van der Waals surface area contributed by atoms with Crippen LogP contribution in [0.15, 0.2) is 24.3 Å². The number of rotatable bonds is 15. The monoisotopic (exact) mass is 370 g/mol. The standard InChI is InChI=1S/C20H34O6/c1-15(2)19(23)25-17(21)13-11-9-7-5-6-8-10-12-14-18(22)26-20(24)16(3)4/h17-18,21-22H,1,3,5-14H2,2,4H3. The van der Waals surface area contributed by atoms with Crippen molar-refractivity contribution < 1.29 is 29.3 Å². The highest BCUT2D eigenvalue weighted by molar-refractivity contribution is 5.87. The Labute approximate surface area is 156 Å². The molecule has 0 heterocycles. The van der Waals surface area contributed by atoms with Crippen LogP contribution in [-0.4, -0.2) is 34.7 Å². The molecule has 0 saturated carbocycles. The Balaban J connectivity index is 3.44. The van der Waals surface area contributed by atoms with Crippen molar-refractivity contribution in [3.63, 3.8) is 0 Å². The average molecular weight is 370 g/mol. The van der Waals surface area contributed by atoms with Crippen molar-refractivity contribution in [3.05, 3.63) is 24.3 Å². The predicted octanol–water partition coefficient (Wildman–Crippen LogP) is 3.76. The van der Waals surface area contributed by atoms with Gasteiger partial charge in [0.15, 0.2) is 0 Å². The van der Waals surface area contributed by atoms with Gasteiger partial charge in [0.2, 0.25) is 12.6 Å². The molecule has 0 aromatic carbocycles. The van der Waals surface area contributed by atoms with E-state index in [4.69, 9.17) is 9.47 Å². The molecule has 0 bridgehead atoms. The fraction of sp³-hybridized carbons (Fsp3) is 0.700. The summed E-state index contributed by atoms with van der Waals surface area (Å²) in [4.78, 5) is 22.4. The van der Waals surface area contributed by atoms with Gasteiger partial charge in [-0.25, -0.2) is 9.59 Å². The first-order chi connectivity index (χ1) is 12.2. The van der Waals surface area contributed by atoms with Crippen LogP contribution in [0.5, 0.6) is 0 Å². The van der Waals surface area contributed by atoms with Crippen LogP contribution in [0.3, 0.4) is 0 Å². The quantitative estimate of drug-likeness (QED) is 0.197. The third-order valence-corrected chi connectivity index (χ3v) is 3.84. The van der Waals surface area contributed by atoms with Crippen LogP contribution in [0.4, 0.5) is 0 Å². The molecule has 0 aromatic rings. The van der Waals surface area contributed by atoms with Gasteiger partial charge in [-0.05, 0) is 26.7 Å². The van der Waals surface area contributed by atoms with Gasteiger partial charge in [0, 0.05) is 24.0 Å². The number of carbonyl (C=O) groups excluding carboxylic acids is 2. The van der Waals surface area contributed by atoms with Gasteiger partial charge in [0.05, 0.1) is 0 Å². The van der Waals surface area contributed by atoms with Crippen molar-refractivity contribution in [3.8, 4) is 0 Å². The molecule has 0 aliphatic rings. The Morgan fingerprint density at radius 2 is 0.962 bits per heavy atom. The van der Waals surface area contributed by atoms with E-state index in [2.05, 4.69) is 13.2 Å². The highest BCUT2D eigenvalue weighted by Crippen LogP contribution is 2.13. The van der Waals surface area contributed by atoms with E-state index in [1.165, 1.54) is 0 Å². The lowest BCUT2D eigenvalue weighted by Gasteiger charge is -2.12. The van der Waals surface area contributed by atoms with E-state index in [9.17, 15) is 19.8 Å². The maximum Gasteiger partial charge on any atom is 0.335 e. The Morgan fingerprint density at radius 3 is 1.23 bits per heavy atom. The van der Waals surface area contributed by atoms with Crippen LogP contribution >= 0.6 is 0 Å². The normalized spacial score (nSPS) is 12.9. The first kappa shape index (κ1) is 24.3. The fourth-order valence-corrected chi connectivity index (χ4v) is 2.26. The van der Waals surface area contributed by atoms with Crippen molar-refractivity contribution in [1.29, 1.82) is 0 Å². The molecule has 0 aliphatic carbocycles. The zero-order chi connectivity index (χ0) is 19.9. The Hall–Kier alpha value is -1.66. The van der Waals surface area contributed by atoms with Crippen LogP contribution < -0.4 is 0 Å². The van der Waals surface area contributed by atoms with Gasteiger partial charge >= 0.3 is 11.9 Å². The fourth-order valence-electron chi connectivity index (χ4n) is 2.26. The lowest BCUT2D eigenvalue weighted by molar-refractivity contribution is -0.165.